The van der Waals surface area contributed by atoms with Gasteiger partial charge in [0, 0.05) is 48.6 Å². The average molecular weight is 539 g/mol. The van der Waals surface area contributed by atoms with Crippen molar-refractivity contribution >= 4 is 11.8 Å². The van der Waals surface area contributed by atoms with Crippen LogP contribution in [0.5, 0.6) is 0 Å². The molecule has 5 rings (SSSR count). The molecule has 204 valence electrons. The molecular weight excluding hydrogens is 508 g/mol. The number of amides is 1. The van der Waals surface area contributed by atoms with E-state index in [4.69, 9.17) is 4.74 Å². The Kier molecular flexibility index (Phi) is 8.42. The number of imidazole rings is 2. The highest BCUT2D eigenvalue weighted by Gasteiger charge is 2.12. The lowest BCUT2D eigenvalue weighted by molar-refractivity contribution is 0.168. The average Bonchev–Trinajstić information content (AvgIpc) is 3.66. The maximum Gasteiger partial charge on any atom is 0.411 e. The molecule has 2 aromatic carbocycles. The quantitative estimate of drug-likeness (QED) is 0.230. The minimum absolute atomic E-state index is 0.212. The van der Waals surface area contributed by atoms with Gasteiger partial charge >= 0.3 is 6.09 Å². The zero-order valence-electron chi connectivity index (χ0n) is 22.1. The summed E-state index contributed by atoms with van der Waals surface area (Å²) in [5.74, 6) is 1.77. The molecule has 0 aliphatic heterocycles. The molecule has 11 heteroatoms. The normalized spacial score (nSPS) is 11.1. The molecule has 3 aromatic heterocycles. The number of rotatable bonds is 11. The molecule has 5 aromatic rings. The number of nitrogens with zero attached hydrogens (tertiary/aromatic N) is 5. The number of hydrogen-bond donors (Lipinski definition) is 3. The van der Waals surface area contributed by atoms with Crippen LogP contribution in [0.15, 0.2) is 90.2 Å². The Morgan fingerprint density at radius 3 is 2.30 bits per heavy atom. The molecule has 11 nitrogen and oxygen atoms in total. The van der Waals surface area contributed by atoms with Crippen LogP contribution in [0.3, 0.4) is 0 Å². The van der Waals surface area contributed by atoms with Gasteiger partial charge in [0.15, 0.2) is 0 Å². The monoisotopic (exact) mass is 538 g/mol. The van der Waals surface area contributed by atoms with Crippen LogP contribution in [0, 0.1) is 0 Å². The molecule has 3 N–H and O–H groups in total. The molecule has 3 heterocycles. The first-order chi connectivity index (χ1) is 19.6. The number of aromatic nitrogens is 6. The van der Waals surface area contributed by atoms with Gasteiger partial charge in [0.2, 0.25) is 0 Å². The summed E-state index contributed by atoms with van der Waals surface area (Å²) < 4.78 is 6.35. The molecule has 0 saturated carbocycles. The molecule has 0 fully saturated rings. The topological polar surface area (TPSA) is 134 Å². The molecule has 0 spiro atoms. The maximum absolute atomic E-state index is 12.6. The highest BCUT2D eigenvalue weighted by Crippen LogP contribution is 2.19. The Balaban J connectivity index is 1.29. The number of carbonyl (C=O) groups excluding carboxylic acids is 1. The van der Waals surface area contributed by atoms with Crippen LogP contribution in [0.4, 0.5) is 10.5 Å². The van der Waals surface area contributed by atoms with Crippen LogP contribution in [-0.2, 0) is 30.9 Å². The van der Waals surface area contributed by atoms with Crippen molar-refractivity contribution in [3.63, 3.8) is 0 Å². The Morgan fingerprint density at radius 2 is 1.65 bits per heavy atom. The summed E-state index contributed by atoms with van der Waals surface area (Å²) in [6.07, 6.45) is 6.61. The number of anilines is 1. The first kappa shape index (κ1) is 26.6. The molecule has 0 aliphatic rings. The number of ether oxygens (including phenoxy) is 1. The fraction of sp³-hybridized carbons (Fsp3) is 0.207. The Morgan fingerprint density at radius 1 is 0.925 bits per heavy atom. The van der Waals surface area contributed by atoms with Gasteiger partial charge in [-0.15, -0.1) is 0 Å². The van der Waals surface area contributed by atoms with E-state index in [2.05, 4.69) is 47.4 Å². The number of H-pyrrole nitrogens is 2. The third-order valence-corrected chi connectivity index (χ3v) is 6.16. The second kappa shape index (κ2) is 12.7. The van der Waals surface area contributed by atoms with Gasteiger partial charge in [0.25, 0.3) is 5.56 Å². The molecule has 0 unspecified atom stereocenters. The van der Waals surface area contributed by atoms with E-state index in [9.17, 15) is 9.59 Å². The van der Waals surface area contributed by atoms with Crippen molar-refractivity contribution in [2.75, 3.05) is 11.9 Å². The number of hydrogen-bond acceptors (Lipinski definition) is 7. The Hall–Kier alpha value is -5.03. The van der Waals surface area contributed by atoms with Gasteiger partial charge < -0.3 is 14.7 Å². The predicted octanol–water partition coefficient (Wildman–Crippen LogP) is 4.18. The van der Waals surface area contributed by atoms with Crippen molar-refractivity contribution in [1.29, 1.82) is 0 Å². The van der Waals surface area contributed by atoms with Gasteiger partial charge in [-0.2, -0.15) is 5.10 Å². The van der Waals surface area contributed by atoms with Gasteiger partial charge in [0.1, 0.15) is 11.6 Å². The highest BCUT2D eigenvalue weighted by molar-refractivity contribution is 5.84. The fourth-order valence-electron chi connectivity index (χ4n) is 4.32. The third-order valence-electron chi connectivity index (χ3n) is 6.16. The van der Waals surface area contributed by atoms with Crippen LogP contribution in [0.2, 0.25) is 0 Å². The summed E-state index contributed by atoms with van der Waals surface area (Å²) in [4.78, 5) is 41.6. The second-order valence-corrected chi connectivity index (χ2v) is 9.17. The molecular formula is C29H30N8O3. The second-order valence-electron chi connectivity index (χ2n) is 9.17. The summed E-state index contributed by atoms with van der Waals surface area (Å²) in [6, 6.07) is 18.6. The van der Waals surface area contributed by atoms with Crippen LogP contribution in [0.25, 0.3) is 11.3 Å². The summed E-state index contributed by atoms with van der Waals surface area (Å²) in [5.41, 5.74) is 3.92. The van der Waals surface area contributed by atoms with Crippen molar-refractivity contribution in [3.05, 3.63) is 119 Å². The third kappa shape index (κ3) is 7.08. The van der Waals surface area contributed by atoms with E-state index in [0.717, 1.165) is 28.3 Å². The summed E-state index contributed by atoms with van der Waals surface area (Å²) >= 11 is 0. The molecule has 1 amide bonds. The van der Waals surface area contributed by atoms with Crippen molar-refractivity contribution in [2.45, 2.75) is 33.1 Å². The lowest BCUT2D eigenvalue weighted by Gasteiger charge is -2.20. The fourth-order valence-corrected chi connectivity index (χ4v) is 4.32. The van der Waals surface area contributed by atoms with E-state index < -0.39 is 6.09 Å². The smallest absolute Gasteiger partial charge is 0.411 e. The van der Waals surface area contributed by atoms with Crippen molar-refractivity contribution in [2.24, 2.45) is 0 Å². The number of nitrogens with one attached hydrogen (secondary N) is 3. The van der Waals surface area contributed by atoms with Crippen LogP contribution >= 0.6 is 0 Å². The van der Waals surface area contributed by atoms with Crippen LogP contribution in [-0.4, -0.2) is 47.3 Å². The first-order valence-electron chi connectivity index (χ1n) is 12.9. The molecule has 0 radical (unpaired) electrons. The van der Waals surface area contributed by atoms with Gasteiger partial charge in [-0.25, -0.2) is 19.4 Å². The van der Waals surface area contributed by atoms with Gasteiger partial charge in [-0.1, -0.05) is 36.4 Å². The lowest BCUT2D eigenvalue weighted by atomic mass is 10.1. The van der Waals surface area contributed by atoms with Gasteiger partial charge in [-0.3, -0.25) is 15.0 Å². The summed E-state index contributed by atoms with van der Waals surface area (Å²) in [6.45, 7) is 4.29. The molecule has 40 heavy (non-hydrogen) atoms. The standard InChI is InChI=1S/C29H30N8O3/c1-2-40-29(39)34-24-5-3-4-22(16-24)18-37-28(38)11-10-25(35-37)23-8-6-21(7-9-23)17-36(19-26-30-12-13-31-26)20-27-32-14-15-33-27/h3-16H,2,17-20H2,1H3,(H,30,31)(H,32,33)(H,34,39). The minimum atomic E-state index is -0.523. The zero-order valence-corrected chi connectivity index (χ0v) is 22.1. The zero-order chi connectivity index (χ0) is 27.7. The lowest BCUT2D eigenvalue weighted by Crippen LogP contribution is -2.23. The molecule has 0 aliphatic carbocycles. The van der Waals surface area contributed by atoms with Gasteiger partial charge in [-0.05, 0) is 36.2 Å². The summed E-state index contributed by atoms with van der Waals surface area (Å²) in [5, 5.41) is 7.29. The number of benzene rings is 2. The van der Waals surface area contributed by atoms with Crippen molar-refractivity contribution in [3.8, 4) is 11.3 Å². The van der Waals surface area contributed by atoms with Crippen molar-refractivity contribution in [1.82, 2.24) is 34.6 Å². The largest absolute Gasteiger partial charge is 0.450 e. The maximum atomic E-state index is 12.6. The summed E-state index contributed by atoms with van der Waals surface area (Å²) in [7, 11) is 0. The molecule has 0 bridgehead atoms. The first-order valence-corrected chi connectivity index (χ1v) is 12.9. The number of carbonyl (C=O) groups is 1. The molecule has 0 atom stereocenters. The van der Waals surface area contributed by atoms with E-state index in [1.807, 2.05) is 36.7 Å². The Bertz CT molecular complexity index is 1540. The number of aromatic amines is 2. The van der Waals surface area contributed by atoms with Crippen LogP contribution < -0.4 is 10.9 Å². The van der Waals surface area contributed by atoms with E-state index >= 15 is 0 Å². The molecule has 0 saturated heterocycles. The predicted molar refractivity (Wildman–Crippen MR) is 150 cm³/mol. The van der Waals surface area contributed by atoms with E-state index in [-0.39, 0.29) is 18.7 Å². The highest BCUT2D eigenvalue weighted by atomic mass is 16.5. The van der Waals surface area contributed by atoms with E-state index in [0.29, 0.717) is 31.0 Å². The SMILES string of the molecule is CCOC(=O)Nc1cccc(Cn2nc(-c3ccc(CN(Cc4ncc[nH]4)Cc4ncc[nH]4)cc3)ccc2=O)c1. The van der Waals surface area contributed by atoms with E-state index in [1.54, 1.807) is 37.5 Å². The van der Waals surface area contributed by atoms with E-state index in [1.165, 1.54) is 10.7 Å². The minimum Gasteiger partial charge on any atom is -0.450 e. The van der Waals surface area contributed by atoms with Gasteiger partial charge in [0.05, 0.1) is 31.9 Å². The van der Waals surface area contributed by atoms with Crippen LogP contribution in [0.1, 0.15) is 29.7 Å². The Labute approximate surface area is 230 Å². The van der Waals surface area contributed by atoms with Crippen molar-refractivity contribution < 1.29 is 9.53 Å².